The molecule has 2 rings (SSSR count). The number of hydrogen-bond acceptors (Lipinski definition) is 4. The number of hydrogen-bond donors (Lipinski definition) is 2. The summed E-state index contributed by atoms with van der Waals surface area (Å²) in [6.07, 6.45) is -1.34. The van der Waals surface area contributed by atoms with Gasteiger partial charge in [0, 0.05) is 32.0 Å². The Morgan fingerprint density at radius 1 is 1.10 bits per heavy atom. The molecule has 1 heterocycles. The van der Waals surface area contributed by atoms with Gasteiger partial charge >= 0.3 is 6.18 Å². The van der Waals surface area contributed by atoms with E-state index in [2.05, 4.69) is 11.1 Å². The molecule has 0 bridgehead atoms. The Morgan fingerprint density at radius 3 is 2.13 bits per heavy atom. The maximum atomic E-state index is 12.9. The van der Waals surface area contributed by atoms with Crippen LogP contribution >= 0.6 is 0 Å². The maximum absolute atomic E-state index is 12.9. The van der Waals surface area contributed by atoms with E-state index < -0.39 is 12.1 Å². The molecular weight excluding hydrogens is 422 g/mol. The molecule has 1 aromatic carbocycles. The molecule has 0 unspecified atom stereocenters. The van der Waals surface area contributed by atoms with Crippen LogP contribution in [0.2, 0.25) is 0 Å². The first-order chi connectivity index (χ1) is 14.5. The van der Waals surface area contributed by atoms with E-state index in [0.717, 1.165) is 24.9 Å². The Bertz CT molecular complexity index is 718. The smallest absolute Gasteiger partial charge is 0.430 e. The predicted octanol–water partition coefficient (Wildman–Crippen LogP) is 0.391. The summed E-state index contributed by atoms with van der Waals surface area (Å²) in [5.41, 5.74) is 4.66. The number of benzene rings is 1. The monoisotopic (exact) mass is 449 g/mol. The van der Waals surface area contributed by atoms with Gasteiger partial charge in [-0.3, -0.25) is 9.59 Å². The molecule has 1 saturated heterocycles. The second kappa shape index (κ2) is 12.9. The van der Waals surface area contributed by atoms with Gasteiger partial charge in [-0.25, -0.2) is 4.39 Å². The number of amides is 2. The van der Waals surface area contributed by atoms with Crippen LogP contribution in [0, 0.1) is 11.7 Å². The zero-order valence-electron chi connectivity index (χ0n) is 17.0. The Labute approximate surface area is 177 Å². The van der Waals surface area contributed by atoms with E-state index in [4.69, 9.17) is 9.90 Å². The molecule has 2 amide bonds. The molecule has 174 valence electrons. The highest BCUT2D eigenvalue weighted by molar-refractivity contribution is 5.80. The lowest BCUT2D eigenvalue weighted by molar-refractivity contribution is -0.368. The van der Waals surface area contributed by atoms with Crippen molar-refractivity contribution < 1.29 is 42.8 Å². The number of rotatable bonds is 7. The van der Waals surface area contributed by atoms with Crippen molar-refractivity contribution in [3.63, 3.8) is 0 Å². The van der Waals surface area contributed by atoms with Crippen LogP contribution in [0.3, 0.4) is 0 Å². The van der Waals surface area contributed by atoms with E-state index in [1.165, 1.54) is 12.1 Å². The summed E-state index contributed by atoms with van der Waals surface area (Å²) in [6.45, 7) is 2.57. The molecule has 0 spiro atoms. The minimum Gasteiger partial charge on any atom is -0.542 e. The van der Waals surface area contributed by atoms with E-state index in [0.29, 0.717) is 38.9 Å². The van der Waals surface area contributed by atoms with Crippen LogP contribution in [0.5, 0.6) is 0 Å². The number of likely N-dealkylation sites (tertiary alicyclic amines) is 1. The van der Waals surface area contributed by atoms with Crippen LogP contribution in [0.25, 0.3) is 0 Å². The second-order valence-corrected chi connectivity index (χ2v) is 7.10. The largest absolute Gasteiger partial charge is 0.542 e. The maximum Gasteiger partial charge on any atom is 0.430 e. The molecular formula is C20H27F4N3O4. The molecule has 1 aliphatic heterocycles. The van der Waals surface area contributed by atoms with E-state index >= 15 is 0 Å². The van der Waals surface area contributed by atoms with Crippen molar-refractivity contribution in [3.05, 3.63) is 35.6 Å². The summed E-state index contributed by atoms with van der Waals surface area (Å²) in [5.74, 6) is -3.13. The summed E-state index contributed by atoms with van der Waals surface area (Å²) >= 11 is 0. The van der Waals surface area contributed by atoms with Gasteiger partial charge in [0.2, 0.25) is 11.8 Å². The van der Waals surface area contributed by atoms with Crippen molar-refractivity contribution in [2.24, 2.45) is 5.92 Å². The highest BCUT2D eigenvalue weighted by atomic mass is 19.4. The third kappa shape index (κ3) is 10.3. The quantitative estimate of drug-likeness (QED) is 0.463. The minimum absolute atomic E-state index is 0.0171. The van der Waals surface area contributed by atoms with Crippen molar-refractivity contribution in [2.45, 2.75) is 44.8 Å². The topological polar surface area (TPSA) is 117 Å². The number of carboxylic acids is 1. The number of carbonyl (C=O) groups excluding carboxylic acids is 3. The van der Waals surface area contributed by atoms with Crippen molar-refractivity contribution in [1.82, 2.24) is 10.2 Å². The van der Waals surface area contributed by atoms with Crippen LogP contribution < -0.4 is 16.2 Å². The zero-order valence-corrected chi connectivity index (χ0v) is 17.0. The molecule has 7 nitrogen and oxygen atoms in total. The molecule has 0 aromatic heterocycles. The van der Waals surface area contributed by atoms with Gasteiger partial charge in [-0.05, 0) is 43.4 Å². The average molecular weight is 449 g/mol. The summed E-state index contributed by atoms with van der Waals surface area (Å²) in [6, 6.07) is 6.12. The van der Waals surface area contributed by atoms with Crippen molar-refractivity contribution in [3.8, 4) is 0 Å². The number of unbranched alkanes of at least 4 members (excludes halogenated alkanes) is 1. The highest BCUT2D eigenvalue weighted by Crippen LogP contribution is 2.19. The molecule has 0 saturated carbocycles. The lowest BCUT2D eigenvalue weighted by atomic mass is 9.95. The fourth-order valence-electron chi connectivity index (χ4n) is 2.94. The molecule has 1 aliphatic rings. The molecule has 1 aromatic rings. The van der Waals surface area contributed by atoms with Crippen molar-refractivity contribution in [1.29, 1.82) is 0 Å². The highest BCUT2D eigenvalue weighted by Gasteiger charge is 2.29. The predicted molar refractivity (Wildman–Crippen MR) is 100 cm³/mol. The Kier molecular flexibility index (Phi) is 10.9. The van der Waals surface area contributed by atoms with Crippen LogP contribution in [0.1, 0.15) is 37.7 Å². The molecule has 1 fully saturated rings. The van der Waals surface area contributed by atoms with E-state index in [9.17, 15) is 27.2 Å². The summed E-state index contributed by atoms with van der Waals surface area (Å²) in [4.78, 5) is 34.9. The third-order valence-electron chi connectivity index (χ3n) is 4.72. The van der Waals surface area contributed by atoms with E-state index in [-0.39, 0.29) is 23.5 Å². The summed E-state index contributed by atoms with van der Waals surface area (Å²) in [7, 11) is 0. The fourth-order valence-corrected chi connectivity index (χ4v) is 2.94. The van der Waals surface area contributed by atoms with Crippen LogP contribution in [0.15, 0.2) is 24.3 Å². The normalized spacial score (nSPS) is 14.4. The van der Waals surface area contributed by atoms with Gasteiger partial charge in [-0.2, -0.15) is 13.2 Å². The van der Waals surface area contributed by atoms with Crippen LogP contribution in [-0.2, 0) is 20.9 Å². The number of alkyl halides is 3. The molecule has 31 heavy (non-hydrogen) atoms. The number of piperidine rings is 1. The summed E-state index contributed by atoms with van der Waals surface area (Å²) in [5, 5.41) is 11.7. The van der Waals surface area contributed by atoms with Gasteiger partial charge in [0.05, 0.1) is 6.54 Å². The third-order valence-corrected chi connectivity index (χ3v) is 4.72. The Balaban J connectivity index is 0.000000592. The van der Waals surface area contributed by atoms with Crippen molar-refractivity contribution in [2.75, 3.05) is 19.6 Å². The standard InChI is InChI=1S/C18H26FN3O2.C2HF3O2/c19-16-6-4-14(5-7-16)13-21-18(24)15-8-11-22(12-9-15)17(23)3-1-2-10-20;3-2(4,5)1(6)7/h4-7,15H,1-3,8-13,20H2,(H,21,24);(H,6,7). The minimum atomic E-state index is -5.19. The first kappa shape index (κ1) is 26.3. The number of nitrogens with zero attached hydrogens (tertiary/aromatic N) is 1. The van der Waals surface area contributed by atoms with Crippen LogP contribution in [-0.4, -0.2) is 48.5 Å². The molecule has 0 aliphatic carbocycles. The number of halogens is 4. The first-order valence-corrected chi connectivity index (χ1v) is 9.92. The lowest BCUT2D eigenvalue weighted by Gasteiger charge is -2.31. The van der Waals surface area contributed by atoms with Crippen molar-refractivity contribution >= 4 is 17.8 Å². The molecule has 0 atom stereocenters. The second-order valence-electron chi connectivity index (χ2n) is 7.10. The molecule has 4 N–H and O–H groups in total. The summed E-state index contributed by atoms with van der Waals surface area (Å²) < 4.78 is 44.4. The van der Waals surface area contributed by atoms with Crippen LogP contribution in [0.4, 0.5) is 17.6 Å². The number of nitrogens with one attached hydrogen (secondary N) is 1. The van der Waals surface area contributed by atoms with Gasteiger partial charge < -0.3 is 25.9 Å². The number of carboxylic acid groups (broad SMARTS) is 1. The van der Waals surface area contributed by atoms with Gasteiger partial charge in [0.1, 0.15) is 11.8 Å². The van der Waals surface area contributed by atoms with Gasteiger partial charge in [0.15, 0.2) is 0 Å². The number of quaternary nitrogens is 1. The average Bonchev–Trinajstić information content (AvgIpc) is 2.73. The number of carbonyl (C=O) groups is 3. The fraction of sp³-hybridized carbons (Fsp3) is 0.550. The zero-order chi connectivity index (χ0) is 23.4. The first-order valence-electron chi connectivity index (χ1n) is 9.92. The van der Waals surface area contributed by atoms with Gasteiger partial charge in [0.25, 0.3) is 0 Å². The molecule has 0 radical (unpaired) electrons. The van der Waals surface area contributed by atoms with E-state index in [1.54, 1.807) is 12.1 Å². The number of aliphatic carboxylic acids is 1. The lowest BCUT2D eigenvalue weighted by Crippen LogP contribution is -2.50. The SMILES string of the molecule is O=C([O-])C(F)(F)F.[NH3+]CCCCC(=O)N1CCC(C(=O)NCc2ccc(F)cc2)CC1. The Hall–Kier alpha value is -2.69. The van der Waals surface area contributed by atoms with Gasteiger partial charge in [-0.1, -0.05) is 12.1 Å². The Morgan fingerprint density at radius 2 is 1.65 bits per heavy atom. The van der Waals surface area contributed by atoms with E-state index in [1.807, 2.05) is 4.90 Å². The molecule has 11 heteroatoms. The van der Waals surface area contributed by atoms with Gasteiger partial charge in [-0.15, -0.1) is 0 Å².